The molecule has 0 saturated carbocycles. The fourth-order valence-corrected chi connectivity index (χ4v) is 5.16. The van der Waals surface area contributed by atoms with Crippen LogP contribution in [0.15, 0.2) is 30.3 Å². The monoisotopic (exact) mass is 527 g/mol. The number of amides is 2. The van der Waals surface area contributed by atoms with Gasteiger partial charge in [0.1, 0.15) is 5.72 Å². The van der Waals surface area contributed by atoms with Crippen molar-refractivity contribution in [3.8, 4) is 0 Å². The summed E-state index contributed by atoms with van der Waals surface area (Å²) in [5.74, 6) is -0.388. The minimum absolute atomic E-state index is 0.00419. The largest absolute Gasteiger partial charge is 0.374 e. The van der Waals surface area contributed by atoms with Crippen molar-refractivity contribution in [2.75, 3.05) is 40.8 Å². The Hall–Kier alpha value is -2.05. The minimum atomic E-state index is -3.96. The first-order valence-electron chi connectivity index (χ1n) is 12.3. The Balaban J connectivity index is 2.89. The third-order valence-corrected chi connectivity index (χ3v) is 7.22. The molecule has 36 heavy (non-hydrogen) atoms. The molecule has 1 rings (SSSR count). The molecule has 0 aliphatic heterocycles. The van der Waals surface area contributed by atoms with E-state index in [9.17, 15) is 23.1 Å². The van der Waals surface area contributed by atoms with Crippen LogP contribution in [0.1, 0.15) is 52.5 Å². The van der Waals surface area contributed by atoms with Gasteiger partial charge in [0.25, 0.3) is 10.2 Å². The molecule has 2 amide bonds. The molecule has 0 radical (unpaired) electrons. The van der Waals surface area contributed by atoms with E-state index in [1.807, 2.05) is 72.1 Å². The molecule has 1 unspecified atom stereocenters. The van der Waals surface area contributed by atoms with Gasteiger partial charge in [-0.15, -0.1) is 0 Å². The van der Waals surface area contributed by atoms with E-state index < -0.39 is 21.5 Å². The maximum absolute atomic E-state index is 12.9. The second-order valence-corrected chi connectivity index (χ2v) is 12.3. The Morgan fingerprint density at radius 1 is 1.06 bits per heavy atom. The maximum atomic E-state index is 12.9. The lowest BCUT2D eigenvalue weighted by atomic mass is 9.97. The number of benzene rings is 1. The molecule has 1 aromatic carbocycles. The fourth-order valence-electron chi connectivity index (χ4n) is 3.84. The van der Waals surface area contributed by atoms with E-state index in [2.05, 4.69) is 15.4 Å². The second kappa shape index (κ2) is 14.0. The Bertz CT molecular complexity index is 937. The van der Waals surface area contributed by atoms with E-state index in [0.29, 0.717) is 6.42 Å². The minimum Gasteiger partial charge on any atom is -0.374 e. The normalized spacial score (nSPS) is 14.2. The lowest BCUT2D eigenvalue weighted by Gasteiger charge is -2.39. The van der Waals surface area contributed by atoms with E-state index >= 15 is 0 Å². The highest BCUT2D eigenvalue weighted by Gasteiger charge is 2.41. The van der Waals surface area contributed by atoms with Gasteiger partial charge in [0.05, 0.1) is 6.54 Å². The highest BCUT2D eigenvalue weighted by atomic mass is 32.2. The molecule has 11 heteroatoms. The van der Waals surface area contributed by atoms with Crippen molar-refractivity contribution in [2.24, 2.45) is 5.92 Å². The molecule has 0 saturated heterocycles. The molecule has 0 spiro atoms. The molecular weight excluding hydrogens is 482 g/mol. The van der Waals surface area contributed by atoms with Gasteiger partial charge >= 0.3 is 0 Å². The zero-order valence-corrected chi connectivity index (χ0v) is 23.6. The van der Waals surface area contributed by atoms with Crippen molar-refractivity contribution >= 4 is 22.0 Å². The topological polar surface area (TPSA) is 131 Å². The molecule has 0 fully saturated rings. The number of hydrogen-bond acceptors (Lipinski definition) is 6. The third kappa shape index (κ3) is 11.3. The van der Waals surface area contributed by atoms with Crippen LogP contribution in [-0.4, -0.2) is 86.6 Å². The summed E-state index contributed by atoms with van der Waals surface area (Å²) in [6, 6.07) is 9.17. The molecule has 0 aliphatic rings. The first-order valence-corrected chi connectivity index (χ1v) is 13.7. The Kier molecular flexibility index (Phi) is 12.5. The van der Waals surface area contributed by atoms with Crippen LogP contribution in [0.3, 0.4) is 0 Å². The summed E-state index contributed by atoms with van der Waals surface area (Å²) in [4.78, 5) is 26.4. The van der Waals surface area contributed by atoms with Crippen LogP contribution in [0.25, 0.3) is 0 Å². The highest BCUT2D eigenvalue weighted by molar-refractivity contribution is 7.87. The summed E-state index contributed by atoms with van der Waals surface area (Å²) in [7, 11) is 0.973. The first-order chi connectivity index (χ1) is 16.6. The van der Waals surface area contributed by atoms with Crippen LogP contribution < -0.4 is 15.4 Å². The Morgan fingerprint density at radius 2 is 1.67 bits per heavy atom. The van der Waals surface area contributed by atoms with Crippen molar-refractivity contribution in [3.05, 3.63) is 35.9 Å². The van der Waals surface area contributed by atoms with Crippen LogP contribution in [0, 0.1) is 5.92 Å². The number of hydrogen-bond donors (Lipinski definition) is 4. The summed E-state index contributed by atoms with van der Waals surface area (Å²) in [6.45, 7) is 7.93. The maximum Gasteiger partial charge on any atom is 0.281 e. The van der Waals surface area contributed by atoms with Gasteiger partial charge in [0, 0.05) is 44.9 Å². The fraction of sp³-hybridized carbons (Fsp3) is 0.680. The molecule has 1 atom stereocenters. The van der Waals surface area contributed by atoms with E-state index in [1.54, 1.807) is 4.90 Å². The van der Waals surface area contributed by atoms with Crippen LogP contribution in [-0.2, 0) is 26.2 Å². The lowest BCUT2D eigenvalue weighted by Crippen LogP contribution is -2.58. The average molecular weight is 528 g/mol. The van der Waals surface area contributed by atoms with E-state index in [4.69, 9.17) is 0 Å². The molecular formula is C25H45N5O5S. The second-order valence-electron chi connectivity index (χ2n) is 10.5. The molecule has 0 bridgehead atoms. The van der Waals surface area contributed by atoms with Gasteiger partial charge in [-0.2, -0.15) is 12.7 Å². The lowest BCUT2D eigenvalue weighted by molar-refractivity contribution is -0.125. The van der Waals surface area contributed by atoms with Crippen molar-refractivity contribution in [3.63, 3.8) is 0 Å². The van der Waals surface area contributed by atoms with Crippen molar-refractivity contribution in [1.82, 2.24) is 24.6 Å². The van der Waals surface area contributed by atoms with Gasteiger partial charge in [0.2, 0.25) is 11.8 Å². The summed E-state index contributed by atoms with van der Waals surface area (Å²) in [5.41, 5.74) is -1.53. The van der Waals surface area contributed by atoms with Crippen molar-refractivity contribution in [2.45, 2.75) is 64.6 Å². The van der Waals surface area contributed by atoms with Crippen LogP contribution >= 0.6 is 0 Å². The van der Waals surface area contributed by atoms with Crippen LogP contribution in [0.4, 0.5) is 0 Å². The summed E-state index contributed by atoms with van der Waals surface area (Å²) >= 11 is 0. The van der Waals surface area contributed by atoms with Gasteiger partial charge in [-0.05, 0) is 45.8 Å². The van der Waals surface area contributed by atoms with E-state index in [-0.39, 0.29) is 56.6 Å². The number of aliphatic hydroxyl groups is 1. The van der Waals surface area contributed by atoms with Crippen LogP contribution in [0.2, 0.25) is 0 Å². The Labute approximate surface area is 217 Å². The number of carbonyl (C=O) groups excluding carboxylic acids is 2. The predicted octanol–water partition coefficient (Wildman–Crippen LogP) is 1.08. The molecule has 1 aromatic rings. The zero-order valence-electron chi connectivity index (χ0n) is 22.8. The van der Waals surface area contributed by atoms with Crippen molar-refractivity contribution < 1.29 is 23.1 Å². The van der Waals surface area contributed by atoms with Gasteiger partial charge < -0.3 is 20.6 Å². The van der Waals surface area contributed by atoms with Gasteiger partial charge in [-0.25, -0.2) is 4.72 Å². The molecule has 0 heterocycles. The molecule has 10 nitrogen and oxygen atoms in total. The van der Waals surface area contributed by atoms with Gasteiger partial charge in [-0.1, -0.05) is 44.2 Å². The summed E-state index contributed by atoms with van der Waals surface area (Å²) in [6.07, 6.45) is 0.684. The van der Waals surface area contributed by atoms with Gasteiger partial charge in [0.15, 0.2) is 0 Å². The highest BCUT2D eigenvalue weighted by Crippen LogP contribution is 2.26. The van der Waals surface area contributed by atoms with Crippen molar-refractivity contribution in [1.29, 1.82) is 0 Å². The SMILES string of the molecule is CNS(=O)(=O)N(CC(C)C)C(O)(CCNC(=O)CCC(C)(C)NC(=O)CN(C)C)Cc1ccccc1. The summed E-state index contributed by atoms with van der Waals surface area (Å²) < 4.78 is 29.1. The quantitative estimate of drug-likeness (QED) is 0.238. The number of nitrogens with zero attached hydrogens (tertiary/aromatic N) is 2. The molecule has 0 aliphatic carbocycles. The number of nitrogens with one attached hydrogen (secondary N) is 3. The Morgan fingerprint density at radius 3 is 2.19 bits per heavy atom. The van der Waals surface area contributed by atoms with E-state index in [0.717, 1.165) is 9.87 Å². The third-order valence-electron chi connectivity index (χ3n) is 5.64. The first kappa shape index (κ1) is 32.0. The van der Waals surface area contributed by atoms with Crippen LogP contribution in [0.5, 0.6) is 0 Å². The van der Waals surface area contributed by atoms with E-state index in [1.165, 1.54) is 7.05 Å². The molecule has 206 valence electrons. The average Bonchev–Trinajstić information content (AvgIpc) is 2.75. The standard InChI is InChI=1S/C25H45N5O5S/c1-20(2)18-30(36(34,35)26-5)25(33,17-21-11-9-8-10-12-21)15-16-27-22(31)13-14-24(3,4)28-23(32)19-29(6)7/h8-12,20,26,33H,13-19H2,1-7H3,(H,27,31)(H,28,32). The summed E-state index contributed by atoms with van der Waals surface area (Å²) in [5, 5.41) is 17.4. The smallest absolute Gasteiger partial charge is 0.281 e. The zero-order chi connectivity index (χ0) is 27.6. The molecule has 4 N–H and O–H groups in total. The predicted molar refractivity (Wildman–Crippen MR) is 142 cm³/mol. The number of likely N-dealkylation sites (N-methyl/N-ethyl adjacent to an activating group) is 1. The number of rotatable bonds is 16. The van der Waals surface area contributed by atoms with Gasteiger partial charge in [-0.3, -0.25) is 9.59 Å². The molecule has 0 aromatic heterocycles. The number of carbonyl (C=O) groups is 2.